The quantitative estimate of drug-likeness (QED) is 0.248. The number of rotatable bonds is 9. The molecule has 1 fully saturated rings. The van der Waals surface area contributed by atoms with Crippen LogP contribution in [0.4, 0.5) is 0 Å². The molecule has 0 radical (unpaired) electrons. The van der Waals surface area contributed by atoms with E-state index < -0.39 is 17.7 Å². The molecule has 0 aliphatic carbocycles. The summed E-state index contributed by atoms with van der Waals surface area (Å²) in [6, 6.07) is 11.1. The number of methoxy groups -OCH3 is 2. The van der Waals surface area contributed by atoms with Crippen LogP contribution < -0.4 is 9.47 Å². The van der Waals surface area contributed by atoms with Crippen molar-refractivity contribution in [1.29, 1.82) is 0 Å². The molecule has 7 nitrogen and oxygen atoms in total. The lowest BCUT2D eigenvalue weighted by atomic mass is 9.95. The van der Waals surface area contributed by atoms with Gasteiger partial charge in [-0.3, -0.25) is 9.59 Å². The van der Waals surface area contributed by atoms with Gasteiger partial charge in [0.2, 0.25) is 0 Å². The summed E-state index contributed by atoms with van der Waals surface area (Å²) in [5, 5.41) is 11.4. The van der Waals surface area contributed by atoms with Crippen LogP contribution in [0.5, 0.6) is 11.5 Å². The van der Waals surface area contributed by atoms with Gasteiger partial charge in [0, 0.05) is 25.8 Å². The molecule has 8 heteroatoms. The van der Waals surface area contributed by atoms with E-state index in [1.165, 1.54) is 18.1 Å². The minimum atomic E-state index is -0.754. The highest BCUT2D eigenvalue weighted by molar-refractivity contribution is 6.46. The fourth-order valence-electron chi connectivity index (χ4n) is 3.81. The first kappa shape index (κ1) is 24.6. The zero-order valence-electron chi connectivity index (χ0n) is 19.1. The van der Waals surface area contributed by atoms with Gasteiger partial charge in [-0.1, -0.05) is 23.7 Å². The minimum absolute atomic E-state index is 0.00958. The average molecular weight is 474 g/mol. The number of carbonyl (C=O) groups excluding carboxylic acids is 2. The molecule has 0 saturated carbocycles. The smallest absolute Gasteiger partial charge is 0.295 e. The van der Waals surface area contributed by atoms with Gasteiger partial charge in [-0.25, -0.2) is 0 Å². The first-order valence-electron chi connectivity index (χ1n) is 10.7. The van der Waals surface area contributed by atoms with Crippen LogP contribution in [-0.2, 0) is 14.3 Å². The van der Waals surface area contributed by atoms with Crippen LogP contribution in [-0.4, -0.2) is 55.2 Å². The molecular weight excluding hydrogens is 446 g/mol. The van der Waals surface area contributed by atoms with Crippen LogP contribution in [0.1, 0.15) is 37.4 Å². The summed E-state index contributed by atoms with van der Waals surface area (Å²) >= 11 is 6.22. The van der Waals surface area contributed by atoms with E-state index in [1.807, 2.05) is 13.8 Å². The molecule has 1 aliphatic heterocycles. The van der Waals surface area contributed by atoms with Crippen LogP contribution in [0, 0.1) is 0 Å². The number of ketones is 1. The summed E-state index contributed by atoms with van der Waals surface area (Å²) < 4.78 is 16.0. The lowest BCUT2D eigenvalue weighted by molar-refractivity contribution is -0.140. The molecule has 0 bridgehead atoms. The van der Waals surface area contributed by atoms with E-state index in [-0.39, 0.29) is 22.5 Å². The Morgan fingerprint density at radius 2 is 1.82 bits per heavy atom. The molecule has 2 aromatic carbocycles. The number of hydrogen-bond donors (Lipinski definition) is 1. The Bertz CT molecular complexity index is 1050. The van der Waals surface area contributed by atoms with Gasteiger partial charge >= 0.3 is 0 Å². The summed E-state index contributed by atoms with van der Waals surface area (Å²) in [6.45, 7) is 4.59. The molecule has 176 valence electrons. The largest absolute Gasteiger partial charge is 0.507 e. The highest BCUT2D eigenvalue weighted by Gasteiger charge is 2.45. The van der Waals surface area contributed by atoms with Crippen LogP contribution in [0.2, 0.25) is 5.02 Å². The Balaban J connectivity index is 2.09. The fraction of sp³-hybridized carbons (Fsp3) is 0.360. The number of Topliss-reactive ketones (excluding diaryl/α,β-unsaturated/α-hetero) is 1. The van der Waals surface area contributed by atoms with Crippen molar-refractivity contribution in [3.63, 3.8) is 0 Å². The second kappa shape index (κ2) is 10.7. The van der Waals surface area contributed by atoms with Crippen LogP contribution in [0.15, 0.2) is 48.0 Å². The van der Waals surface area contributed by atoms with E-state index >= 15 is 0 Å². The molecule has 0 aromatic heterocycles. The van der Waals surface area contributed by atoms with E-state index in [9.17, 15) is 14.7 Å². The Hall–Kier alpha value is -3.03. The van der Waals surface area contributed by atoms with E-state index in [0.29, 0.717) is 42.2 Å². The molecule has 1 amide bonds. The van der Waals surface area contributed by atoms with Crippen molar-refractivity contribution in [1.82, 2.24) is 4.90 Å². The summed E-state index contributed by atoms with van der Waals surface area (Å²) in [5.74, 6) is -0.596. The zero-order valence-corrected chi connectivity index (χ0v) is 19.9. The lowest BCUT2D eigenvalue weighted by Gasteiger charge is -2.25. The summed E-state index contributed by atoms with van der Waals surface area (Å²) in [6.07, 6.45) is 0.554. The average Bonchev–Trinajstić information content (AvgIpc) is 3.04. The maximum Gasteiger partial charge on any atom is 0.295 e. The standard InChI is InChI=1S/C25H28ClNO6/c1-15(2)33-18-9-6-16(7-10-18)22-21(24(29)25(30)27(22)12-5-13-31-3)23(28)17-8-11-20(32-4)19(26)14-17/h6-11,14-15,22,28H,5,12-13H2,1-4H3/b23-21-. The highest BCUT2D eigenvalue weighted by Crippen LogP contribution is 2.40. The topological polar surface area (TPSA) is 85.3 Å². The SMILES string of the molecule is COCCCN1C(=O)C(=O)/C(=C(\O)c2ccc(OC)c(Cl)c2)C1c1ccc(OC(C)C)cc1. The second-order valence-corrected chi connectivity index (χ2v) is 8.33. The van der Waals surface area contributed by atoms with Crippen molar-refractivity contribution in [2.75, 3.05) is 27.4 Å². The Kier molecular flexibility index (Phi) is 8.00. The second-order valence-electron chi connectivity index (χ2n) is 7.92. The number of halogens is 1. The number of carbonyl (C=O) groups is 2. The number of nitrogens with zero attached hydrogens (tertiary/aromatic N) is 1. The van der Waals surface area contributed by atoms with Gasteiger partial charge < -0.3 is 24.2 Å². The minimum Gasteiger partial charge on any atom is -0.507 e. The number of hydrogen-bond acceptors (Lipinski definition) is 6. The van der Waals surface area contributed by atoms with E-state index in [4.69, 9.17) is 25.8 Å². The number of ether oxygens (including phenoxy) is 3. The van der Waals surface area contributed by atoms with Crippen LogP contribution in [0.25, 0.3) is 5.76 Å². The molecule has 33 heavy (non-hydrogen) atoms. The number of benzene rings is 2. The van der Waals surface area contributed by atoms with Gasteiger partial charge in [0.15, 0.2) is 0 Å². The number of likely N-dealkylation sites (tertiary alicyclic amines) is 1. The molecule has 0 spiro atoms. The third kappa shape index (κ3) is 5.31. The molecule has 1 aliphatic rings. The summed E-state index contributed by atoms with van der Waals surface area (Å²) in [4.78, 5) is 27.4. The van der Waals surface area contributed by atoms with Crippen LogP contribution in [0.3, 0.4) is 0 Å². The van der Waals surface area contributed by atoms with Gasteiger partial charge in [0.05, 0.1) is 29.9 Å². The fourth-order valence-corrected chi connectivity index (χ4v) is 4.06. The van der Waals surface area contributed by atoms with E-state index in [2.05, 4.69) is 0 Å². The Morgan fingerprint density at radius 3 is 2.39 bits per heavy atom. The maximum atomic E-state index is 13.0. The Labute approximate surface area is 198 Å². The number of aliphatic hydroxyl groups excluding tert-OH is 1. The lowest BCUT2D eigenvalue weighted by Crippen LogP contribution is -2.31. The monoisotopic (exact) mass is 473 g/mol. The van der Waals surface area contributed by atoms with Crippen molar-refractivity contribution < 1.29 is 28.9 Å². The molecular formula is C25H28ClNO6. The summed E-state index contributed by atoms with van der Waals surface area (Å²) in [7, 11) is 3.06. The van der Waals surface area contributed by atoms with Crippen molar-refractivity contribution in [3.05, 3.63) is 64.2 Å². The van der Waals surface area contributed by atoms with Crippen molar-refractivity contribution >= 4 is 29.1 Å². The van der Waals surface area contributed by atoms with Gasteiger partial charge in [0.1, 0.15) is 17.3 Å². The zero-order chi connectivity index (χ0) is 24.1. The van der Waals surface area contributed by atoms with Crippen molar-refractivity contribution in [2.24, 2.45) is 0 Å². The van der Waals surface area contributed by atoms with E-state index in [0.717, 1.165) is 0 Å². The van der Waals surface area contributed by atoms with Gasteiger partial charge in [0.25, 0.3) is 11.7 Å². The van der Waals surface area contributed by atoms with Crippen molar-refractivity contribution in [2.45, 2.75) is 32.4 Å². The predicted molar refractivity (Wildman–Crippen MR) is 126 cm³/mol. The molecule has 3 rings (SSSR count). The molecule has 1 unspecified atom stereocenters. The molecule has 1 atom stereocenters. The van der Waals surface area contributed by atoms with Gasteiger partial charge in [-0.15, -0.1) is 0 Å². The first-order valence-corrected chi connectivity index (χ1v) is 11.0. The molecule has 1 N–H and O–H groups in total. The molecule has 2 aromatic rings. The van der Waals surface area contributed by atoms with E-state index in [1.54, 1.807) is 43.5 Å². The van der Waals surface area contributed by atoms with Gasteiger partial charge in [-0.2, -0.15) is 0 Å². The third-order valence-corrected chi connectivity index (χ3v) is 5.58. The Morgan fingerprint density at radius 1 is 1.12 bits per heavy atom. The summed E-state index contributed by atoms with van der Waals surface area (Å²) in [5.41, 5.74) is 1.01. The normalized spacial score (nSPS) is 17.6. The number of amides is 1. The maximum absolute atomic E-state index is 13.0. The first-order chi connectivity index (χ1) is 15.8. The van der Waals surface area contributed by atoms with Gasteiger partial charge in [-0.05, 0) is 56.2 Å². The van der Waals surface area contributed by atoms with Crippen molar-refractivity contribution in [3.8, 4) is 11.5 Å². The predicted octanol–water partition coefficient (Wildman–Crippen LogP) is 4.59. The van der Waals surface area contributed by atoms with Crippen LogP contribution >= 0.6 is 11.6 Å². The third-order valence-electron chi connectivity index (χ3n) is 5.28. The molecule has 1 heterocycles. The number of aliphatic hydroxyl groups is 1. The highest BCUT2D eigenvalue weighted by atomic mass is 35.5. The molecule has 1 saturated heterocycles.